The Morgan fingerprint density at radius 2 is 1.71 bits per heavy atom. The smallest absolute Gasteiger partial charge is 0.410 e. The van der Waals surface area contributed by atoms with Crippen LogP contribution in [0.25, 0.3) is 0 Å². The highest BCUT2D eigenvalue weighted by atomic mass is 32.2. The van der Waals surface area contributed by atoms with Gasteiger partial charge in [0.25, 0.3) is 0 Å². The lowest BCUT2D eigenvalue weighted by Crippen LogP contribution is -2.39. The SMILES string of the molecule is CN(CCNS(=O)(=O)c1ccc(Nc2nc(N)c(C(=O)c3c(F)cccc3F)s2)cc1)C(=O)OC(C)(C)C. The third-order valence-electron chi connectivity index (χ3n) is 4.91. The first-order valence-electron chi connectivity index (χ1n) is 11.2. The van der Waals surface area contributed by atoms with Crippen LogP contribution in [-0.2, 0) is 14.8 Å². The van der Waals surface area contributed by atoms with Crippen LogP contribution in [0.2, 0.25) is 0 Å². The van der Waals surface area contributed by atoms with Gasteiger partial charge in [-0.1, -0.05) is 17.4 Å². The van der Waals surface area contributed by atoms with Gasteiger partial charge in [0, 0.05) is 25.8 Å². The third-order valence-corrected chi connectivity index (χ3v) is 7.37. The summed E-state index contributed by atoms with van der Waals surface area (Å²) in [5, 5.41) is 3.05. The molecule has 3 rings (SSSR count). The van der Waals surface area contributed by atoms with E-state index in [1.165, 1.54) is 36.2 Å². The van der Waals surface area contributed by atoms with Crippen molar-refractivity contribution in [2.75, 3.05) is 31.2 Å². The molecule has 0 aliphatic rings. The van der Waals surface area contributed by atoms with Crippen LogP contribution in [0.4, 0.5) is 30.2 Å². The summed E-state index contributed by atoms with van der Waals surface area (Å²) in [6, 6.07) is 8.72. The number of sulfonamides is 1. The number of ketones is 1. The molecule has 14 heteroatoms. The highest BCUT2D eigenvalue weighted by Gasteiger charge is 2.24. The first-order valence-corrected chi connectivity index (χ1v) is 13.5. The molecule has 1 amide bonds. The first kappa shape index (κ1) is 28.9. The molecule has 0 spiro atoms. The van der Waals surface area contributed by atoms with E-state index in [2.05, 4.69) is 15.0 Å². The van der Waals surface area contributed by atoms with Gasteiger partial charge in [0.1, 0.15) is 27.9 Å². The van der Waals surface area contributed by atoms with E-state index in [-0.39, 0.29) is 33.8 Å². The van der Waals surface area contributed by atoms with Crippen molar-refractivity contribution in [1.82, 2.24) is 14.6 Å². The molecule has 0 radical (unpaired) electrons. The number of amides is 1. The summed E-state index contributed by atoms with van der Waals surface area (Å²) in [6.45, 7) is 5.26. The van der Waals surface area contributed by atoms with Gasteiger partial charge in [-0.3, -0.25) is 4.79 Å². The normalized spacial score (nSPS) is 11.7. The second-order valence-corrected chi connectivity index (χ2v) is 11.9. The van der Waals surface area contributed by atoms with E-state index in [1.54, 1.807) is 20.8 Å². The molecule has 2 aromatic carbocycles. The van der Waals surface area contributed by atoms with Crippen molar-refractivity contribution in [3.63, 3.8) is 0 Å². The number of nitrogens with one attached hydrogen (secondary N) is 2. The number of ether oxygens (including phenoxy) is 1. The van der Waals surface area contributed by atoms with Crippen LogP contribution in [-0.4, -0.2) is 55.9 Å². The van der Waals surface area contributed by atoms with Gasteiger partial charge in [-0.15, -0.1) is 0 Å². The van der Waals surface area contributed by atoms with Crippen LogP contribution in [0, 0.1) is 11.6 Å². The minimum atomic E-state index is -3.86. The van der Waals surface area contributed by atoms with Crippen molar-refractivity contribution in [3.05, 3.63) is 64.5 Å². The van der Waals surface area contributed by atoms with Gasteiger partial charge in [0.15, 0.2) is 5.13 Å². The van der Waals surface area contributed by atoms with Crippen LogP contribution in [0.15, 0.2) is 47.4 Å². The van der Waals surface area contributed by atoms with Crippen LogP contribution in [0.1, 0.15) is 36.0 Å². The summed E-state index contributed by atoms with van der Waals surface area (Å²) >= 11 is 0.801. The monoisotopic (exact) mass is 567 g/mol. The molecule has 0 fully saturated rings. The average molecular weight is 568 g/mol. The maximum atomic E-state index is 14.0. The average Bonchev–Trinajstić information content (AvgIpc) is 3.17. The maximum absolute atomic E-state index is 14.0. The van der Waals surface area contributed by atoms with Gasteiger partial charge in [0.05, 0.1) is 10.5 Å². The number of nitrogens with zero attached hydrogens (tertiary/aromatic N) is 2. The van der Waals surface area contributed by atoms with E-state index in [9.17, 15) is 26.8 Å². The summed E-state index contributed by atoms with van der Waals surface area (Å²) in [7, 11) is -2.36. The van der Waals surface area contributed by atoms with Crippen molar-refractivity contribution in [2.24, 2.45) is 0 Å². The van der Waals surface area contributed by atoms with Crippen LogP contribution in [0.3, 0.4) is 0 Å². The zero-order valence-electron chi connectivity index (χ0n) is 21.0. The fourth-order valence-corrected chi connectivity index (χ4v) is 4.95. The summed E-state index contributed by atoms with van der Waals surface area (Å²) < 4.78 is 60.9. The zero-order valence-corrected chi connectivity index (χ0v) is 22.7. The number of likely N-dealkylation sites (N-methyl/N-ethyl adjacent to an activating group) is 1. The Kier molecular flexibility index (Phi) is 8.69. The lowest BCUT2D eigenvalue weighted by Gasteiger charge is -2.24. The van der Waals surface area contributed by atoms with E-state index >= 15 is 0 Å². The van der Waals surface area contributed by atoms with Crippen LogP contribution >= 0.6 is 11.3 Å². The Hall–Kier alpha value is -3.62. The molecule has 0 atom stereocenters. The number of hydrogen-bond acceptors (Lipinski definition) is 9. The van der Waals surface area contributed by atoms with Crippen molar-refractivity contribution >= 4 is 49.9 Å². The molecule has 204 valence electrons. The molecule has 0 bridgehead atoms. The number of nitrogen functional groups attached to an aromatic ring is 1. The van der Waals surface area contributed by atoms with E-state index < -0.39 is 44.7 Å². The Morgan fingerprint density at radius 1 is 1.11 bits per heavy atom. The molecule has 3 aromatic rings. The highest BCUT2D eigenvalue weighted by molar-refractivity contribution is 7.89. The molecule has 0 aliphatic carbocycles. The Morgan fingerprint density at radius 3 is 2.29 bits per heavy atom. The summed E-state index contributed by atoms with van der Waals surface area (Å²) in [5.74, 6) is -3.17. The van der Waals surface area contributed by atoms with E-state index in [4.69, 9.17) is 10.5 Å². The minimum absolute atomic E-state index is 0.0208. The molecule has 1 aromatic heterocycles. The fourth-order valence-electron chi connectivity index (χ4n) is 3.08. The third kappa shape index (κ3) is 7.24. The largest absolute Gasteiger partial charge is 0.444 e. The number of benzene rings is 2. The summed E-state index contributed by atoms with van der Waals surface area (Å²) in [6.07, 6.45) is -0.571. The number of carbonyl (C=O) groups excluding carboxylic acids is 2. The molecule has 0 unspecified atom stereocenters. The number of rotatable bonds is 9. The predicted molar refractivity (Wildman–Crippen MR) is 140 cm³/mol. The summed E-state index contributed by atoms with van der Waals surface area (Å²) in [5.41, 5.74) is 4.84. The molecule has 0 saturated carbocycles. The number of carbonyl (C=O) groups is 2. The lowest BCUT2D eigenvalue weighted by molar-refractivity contribution is 0.0302. The topological polar surface area (TPSA) is 144 Å². The van der Waals surface area contributed by atoms with Crippen molar-refractivity contribution < 1.29 is 31.5 Å². The molecule has 10 nitrogen and oxygen atoms in total. The number of anilines is 3. The zero-order chi connectivity index (χ0) is 28.3. The van der Waals surface area contributed by atoms with Crippen molar-refractivity contribution in [3.8, 4) is 0 Å². The molecule has 0 saturated heterocycles. The first-order chi connectivity index (χ1) is 17.7. The quantitative estimate of drug-likeness (QED) is 0.328. The summed E-state index contributed by atoms with van der Waals surface area (Å²) in [4.78, 5) is 29.7. The molecule has 0 aliphatic heterocycles. The van der Waals surface area contributed by atoms with Crippen molar-refractivity contribution in [2.45, 2.75) is 31.3 Å². The predicted octanol–water partition coefficient (Wildman–Crippen LogP) is 4.12. The highest BCUT2D eigenvalue weighted by Crippen LogP contribution is 2.31. The van der Waals surface area contributed by atoms with Crippen molar-refractivity contribution in [1.29, 1.82) is 0 Å². The lowest BCUT2D eigenvalue weighted by atomic mass is 10.1. The standard InChI is InChI=1S/C24H27F2N5O5S2/c1-24(2,3)36-23(33)31(4)13-12-28-38(34,35)15-10-8-14(9-11-15)29-22-30-21(27)20(37-22)19(32)18-16(25)6-5-7-17(18)26/h5-11,28H,12-13,27H2,1-4H3,(H,29,30). The Labute approximate surface area is 222 Å². The van der Waals surface area contributed by atoms with Gasteiger partial charge in [-0.05, 0) is 57.2 Å². The minimum Gasteiger partial charge on any atom is -0.444 e. The molecule has 4 N–H and O–H groups in total. The second-order valence-electron chi connectivity index (χ2n) is 9.11. The molecule has 38 heavy (non-hydrogen) atoms. The Balaban J connectivity index is 1.63. The Bertz CT molecular complexity index is 1420. The van der Waals surface area contributed by atoms with Gasteiger partial charge in [-0.2, -0.15) is 0 Å². The van der Waals surface area contributed by atoms with E-state index in [0.717, 1.165) is 29.5 Å². The molecule has 1 heterocycles. The maximum Gasteiger partial charge on any atom is 0.410 e. The van der Waals surface area contributed by atoms with Gasteiger partial charge in [0.2, 0.25) is 15.8 Å². The number of nitrogens with two attached hydrogens (primary N) is 1. The number of aromatic nitrogens is 1. The second kappa shape index (κ2) is 11.4. The number of hydrogen-bond donors (Lipinski definition) is 3. The van der Waals surface area contributed by atoms with Gasteiger partial charge < -0.3 is 20.7 Å². The van der Waals surface area contributed by atoms with Gasteiger partial charge in [-0.25, -0.2) is 31.7 Å². The molecular weight excluding hydrogens is 540 g/mol. The van der Waals surface area contributed by atoms with Crippen LogP contribution in [0.5, 0.6) is 0 Å². The van der Waals surface area contributed by atoms with E-state index in [0.29, 0.717) is 5.69 Å². The fraction of sp³-hybridized carbons (Fsp3) is 0.292. The van der Waals surface area contributed by atoms with Crippen LogP contribution < -0.4 is 15.8 Å². The van der Waals surface area contributed by atoms with E-state index in [1.807, 2.05) is 0 Å². The van der Waals surface area contributed by atoms with Gasteiger partial charge >= 0.3 is 6.09 Å². The number of halogens is 2. The molecular formula is C24H27F2N5O5S2. The number of thiazole rings is 1.